The molecule has 4 rings (SSSR count). The summed E-state index contributed by atoms with van der Waals surface area (Å²) in [6, 6.07) is 7.48. The van der Waals surface area contributed by atoms with E-state index in [1.165, 1.54) is 36.7 Å². The maximum atomic E-state index is 13.9. The molecule has 0 spiro atoms. The Bertz CT molecular complexity index is 1200. The lowest BCUT2D eigenvalue weighted by Gasteiger charge is -2.21. The van der Waals surface area contributed by atoms with Crippen LogP contribution in [0, 0.1) is 11.7 Å². The van der Waals surface area contributed by atoms with Crippen LogP contribution in [0.3, 0.4) is 0 Å². The molecule has 3 heterocycles. The molecule has 34 heavy (non-hydrogen) atoms. The van der Waals surface area contributed by atoms with Gasteiger partial charge in [-0.25, -0.2) is 9.37 Å². The normalized spacial score (nSPS) is 15.8. The predicted molar refractivity (Wildman–Crippen MR) is 115 cm³/mol. The van der Waals surface area contributed by atoms with Crippen molar-refractivity contribution in [3.8, 4) is 16.9 Å². The van der Waals surface area contributed by atoms with Gasteiger partial charge in [0.05, 0.1) is 11.8 Å². The van der Waals surface area contributed by atoms with Crippen molar-refractivity contribution in [2.45, 2.75) is 12.8 Å². The lowest BCUT2D eigenvalue weighted by Crippen LogP contribution is -2.22. The van der Waals surface area contributed by atoms with Crippen molar-refractivity contribution in [2.24, 2.45) is 5.92 Å². The van der Waals surface area contributed by atoms with Gasteiger partial charge in [0.2, 0.25) is 0 Å². The minimum Gasteiger partial charge on any atom is -0.406 e. The topological polar surface area (TPSA) is 84.4 Å². The molecule has 1 aromatic carbocycles. The maximum Gasteiger partial charge on any atom is 0.573 e. The van der Waals surface area contributed by atoms with Gasteiger partial charge in [0, 0.05) is 48.2 Å². The van der Waals surface area contributed by atoms with Crippen molar-refractivity contribution in [1.29, 1.82) is 0 Å². The van der Waals surface area contributed by atoms with Gasteiger partial charge >= 0.3 is 6.36 Å². The summed E-state index contributed by atoms with van der Waals surface area (Å²) in [4.78, 5) is 34.1. The van der Waals surface area contributed by atoms with Gasteiger partial charge < -0.3 is 19.7 Å². The third-order valence-corrected chi connectivity index (χ3v) is 5.21. The first kappa shape index (κ1) is 23.1. The number of benzene rings is 1. The zero-order valence-corrected chi connectivity index (χ0v) is 17.6. The number of aldehydes is 1. The maximum absolute atomic E-state index is 13.9. The summed E-state index contributed by atoms with van der Waals surface area (Å²) in [6.45, 7) is 1.02. The Balaban J connectivity index is 1.60. The second-order valence-electron chi connectivity index (χ2n) is 7.64. The highest BCUT2D eigenvalue weighted by Crippen LogP contribution is 2.33. The first-order valence-corrected chi connectivity index (χ1v) is 10.2. The Kier molecular flexibility index (Phi) is 6.44. The van der Waals surface area contributed by atoms with E-state index < -0.39 is 23.8 Å². The second kappa shape index (κ2) is 9.46. The molecule has 2 aromatic heterocycles. The van der Waals surface area contributed by atoms with Gasteiger partial charge in [0.25, 0.3) is 5.91 Å². The second-order valence-corrected chi connectivity index (χ2v) is 7.64. The van der Waals surface area contributed by atoms with Crippen molar-refractivity contribution < 1.29 is 31.9 Å². The van der Waals surface area contributed by atoms with E-state index in [-0.39, 0.29) is 17.2 Å². The number of nitrogens with zero attached hydrogens (tertiary/aromatic N) is 3. The smallest absolute Gasteiger partial charge is 0.406 e. The quantitative estimate of drug-likeness (QED) is 0.420. The average Bonchev–Trinajstić information content (AvgIpc) is 3.28. The average molecular weight is 474 g/mol. The summed E-state index contributed by atoms with van der Waals surface area (Å²) in [5.41, 5.74) is 1.25. The highest BCUT2D eigenvalue weighted by atomic mass is 19.4. The Morgan fingerprint density at radius 2 is 1.91 bits per heavy atom. The predicted octanol–water partition coefficient (Wildman–Crippen LogP) is 4.46. The van der Waals surface area contributed by atoms with Gasteiger partial charge in [-0.05, 0) is 42.8 Å². The van der Waals surface area contributed by atoms with Crippen LogP contribution in [0.1, 0.15) is 16.8 Å². The molecule has 0 aliphatic carbocycles. The number of anilines is 2. The van der Waals surface area contributed by atoms with Crippen molar-refractivity contribution in [1.82, 2.24) is 9.97 Å². The number of nitrogens with one attached hydrogen (secondary N) is 1. The molecule has 11 heteroatoms. The molecule has 1 N–H and O–H groups in total. The third kappa shape index (κ3) is 5.48. The fourth-order valence-electron chi connectivity index (χ4n) is 3.64. The van der Waals surface area contributed by atoms with Crippen molar-refractivity contribution in [3.63, 3.8) is 0 Å². The Hall–Kier alpha value is -4.02. The number of alkyl halides is 3. The van der Waals surface area contributed by atoms with E-state index in [1.807, 2.05) is 4.90 Å². The molecule has 176 valence electrons. The van der Waals surface area contributed by atoms with E-state index in [2.05, 4.69) is 20.0 Å². The Morgan fingerprint density at radius 1 is 1.15 bits per heavy atom. The standard InChI is InChI=1S/C23H18F4N4O3/c24-17-7-15(9-28-11-17)20-8-16(10-29-21(20)31-6-5-14(12-31)13-32)22(33)30-18-1-3-19(4-2-18)34-23(25,26)27/h1-4,7-11,13-14H,5-6,12H2,(H,30,33)/t14-/m0/s1. The van der Waals surface area contributed by atoms with E-state index in [4.69, 9.17) is 0 Å². The fraction of sp³-hybridized carbons (Fsp3) is 0.217. The number of carbonyl (C=O) groups excluding carboxylic acids is 2. The molecule has 0 saturated carbocycles. The number of pyridine rings is 2. The minimum atomic E-state index is -4.82. The molecule has 0 unspecified atom stereocenters. The van der Waals surface area contributed by atoms with Gasteiger partial charge in [0.1, 0.15) is 23.7 Å². The summed E-state index contributed by atoms with van der Waals surface area (Å²) in [5.74, 6) is -1.21. The first-order valence-electron chi connectivity index (χ1n) is 10.2. The van der Waals surface area contributed by atoms with Crippen LogP contribution in [0.5, 0.6) is 5.75 Å². The number of aromatic nitrogens is 2. The lowest BCUT2D eigenvalue weighted by molar-refractivity contribution is -0.274. The summed E-state index contributed by atoms with van der Waals surface area (Å²) in [5, 5.41) is 2.58. The van der Waals surface area contributed by atoms with Crippen LogP contribution in [0.2, 0.25) is 0 Å². The lowest BCUT2D eigenvalue weighted by atomic mass is 10.1. The number of amides is 1. The van der Waals surface area contributed by atoms with Gasteiger partial charge in [-0.1, -0.05) is 0 Å². The molecule has 0 bridgehead atoms. The molecule has 1 saturated heterocycles. The van der Waals surface area contributed by atoms with Crippen molar-refractivity contribution in [2.75, 3.05) is 23.3 Å². The fourth-order valence-corrected chi connectivity index (χ4v) is 3.64. The summed E-state index contributed by atoms with van der Waals surface area (Å²) < 4.78 is 54.6. The molecular formula is C23H18F4N4O3. The molecule has 3 aromatic rings. The SMILES string of the molecule is O=C[C@H]1CCN(c2ncc(C(=O)Nc3ccc(OC(F)(F)F)cc3)cc2-c2cncc(F)c2)C1. The Morgan fingerprint density at radius 3 is 2.56 bits per heavy atom. The summed E-state index contributed by atoms with van der Waals surface area (Å²) >= 11 is 0. The first-order chi connectivity index (χ1) is 16.2. The van der Waals surface area contributed by atoms with E-state index in [9.17, 15) is 27.2 Å². The van der Waals surface area contributed by atoms with Crippen LogP contribution >= 0.6 is 0 Å². The van der Waals surface area contributed by atoms with E-state index >= 15 is 0 Å². The van der Waals surface area contributed by atoms with E-state index in [0.29, 0.717) is 36.5 Å². The number of carbonyl (C=O) groups is 2. The zero-order chi connectivity index (χ0) is 24.3. The number of hydrogen-bond donors (Lipinski definition) is 1. The van der Waals surface area contributed by atoms with Crippen LogP contribution in [-0.4, -0.2) is 41.6 Å². The minimum absolute atomic E-state index is 0.143. The molecule has 1 amide bonds. The molecule has 1 aliphatic heterocycles. The van der Waals surface area contributed by atoms with Crippen LogP contribution in [0.25, 0.3) is 11.1 Å². The van der Waals surface area contributed by atoms with E-state index in [1.54, 1.807) is 0 Å². The van der Waals surface area contributed by atoms with Crippen molar-refractivity contribution in [3.05, 3.63) is 66.4 Å². The van der Waals surface area contributed by atoms with Crippen LogP contribution < -0.4 is 15.0 Å². The van der Waals surface area contributed by atoms with Gasteiger partial charge in [0.15, 0.2) is 0 Å². The zero-order valence-electron chi connectivity index (χ0n) is 17.6. The van der Waals surface area contributed by atoms with Crippen molar-refractivity contribution >= 4 is 23.7 Å². The largest absolute Gasteiger partial charge is 0.573 e. The number of hydrogen-bond acceptors (Lipinski definition) is 6. The molecule has 0 radical (unpaired) electrons. The van der Waals surface area contributed by atoms with Crippen LogP contribution in [-0.2, 0) is 4.79 Å². The molecule has 1 aliphatic rings. The van der Waals surface area contributed by atoms with Crippen LogP contribution in [0.15, 0.2) is 55.0 Å². The van der Waals surface area contributed by atoms with E-state index in [0.717, 1.165) is 24.6 Å². The highest BCUT2D eigenvalue weighted by Gasteiger charge is 2.31. The van der Waals surface area contributed by atoms with Gasteiger partial charge in [-0.3, -0.25) is 9.78 Å². The number of ether oxygens (including phenoxy) is 1. The summed E-state index contributed by atoms with van der Waals surface area (Å²) in [7, 11) is 0. The molecule has 7 nitrogen and oxygen atoms in total. The molecule has 1 fully saturated rings. The van der Waals surface area contributed by atoms with Crippen LogP contribution in [0.4, 0.5) is 29.1 Å². The summed E-state index contributed by atoms with van der Waals surface area (Å²) in [6.07, 6.45) is 0.561. The highest BCUT2D eigenvalue weighted by molar-refractivity contribution is 6.05. The van der Waals surface area contributed by atoms with Gasteiger partial charge in [-0.2, -0.15) is 0 Å². The number of halogens is 4. The number of rotatable bonds is 6. The molecule has 1 atom stereocenters. The molecular weight excluding hydrogens is 456 g/mol. The Labute approximate surface area is 191 Å². The third-order valence-electron chi connectivity index (χ3n) is 5.21. The monoisotopic (exact) mass is 474 g/mol. The van der Waals surface area contributed by atoms with Gasteiger partial charge in [-0.15, -0.1) is 13.2 Å².